The number of hydrogen-bond acceptors (Lipinski definition) is 5. The highest BCUT2D eigenvalue weighted by Crippen LogP contribution is 2.34. The fourth-order valence-electron chi connectivity index (χ4n) is 6.05. The van der Waals surface area contributed by atoms with Gasteiger partial charge in [0.2, 0.25) is 0 Å². The first-order valence-corrected chi connectivity index (χ1v) is 16.0. The van der Waals surface area contributed by atoms with Crippen molar-refractivity contribution in [2.75, 3.05) is 0 Å². The van der Waals surface area contributed by atoms with E-state index in [1.807, 2.05) is 66.7 Å². The molecule has 0 saturated heterocycles. The van der Waals surface area contributed by atoms with Crippen LogP contribution in [0, 0.1) is 11.3 Å². The van der Waals surface area contributed by atoms with Crippen molar-refractivity contribution in [2.24, 2.45) is 0 Å². The average Bonchev–Trinajstić information content (AvgIpc) is 3.18. The Balaban J connectivity index is 1.17. The van der Waals surface area contributed by atoms with Crippen molar-refractivity contribution in [3.63, 3.8) is 0 Å². The van der Waals surface area contributed by atoms with E-state index in [-0.39, 0.29) is 0 Å². The summed E-state index contributed by atoms with van der Waals surface area (Å²) in [5.41, 5.74) is 12.8. The van der Waals surface area contributed by atoms with E-state index in [4.69, 9.17) is 19.9 Å². The van der Waals surface area contributed by atoms with Gasteiger partial charge < -0.3 is 0 Å². The summed E-state index contributed by atoms with van der Waals surface area (Å²) in [5.74, 6) is 0.699. The van der Waals surface area contributed by atoms with Crippen molar-refractivity contribution < 1.29 is 0 Å². The van der Waals surface area contributed by atoms with E-state index in [2.05, 4.69) is 91.0 Å². The van der Waals surface area contributed by atoms with Crippen molar-refractivity contribution in [2.45, 2.75) is 12.8 Å². The van der Waals surface area contributed by atoms with Crippen LogP contribution < -0.4 is 0 Å². The van der Waals surface area contributed by atoms with E-state index in [1.54, 1.807) is 0 Å². The Morgan fingerprint density at radius 1 is 0.479 bits per heavy atom. The van der Waals surface area contributed by atoms with E-state index >= 15 is 0 Å². The molecule has 0 bridgehead atoms. The number of aromatic nitrogens is 4. The van der Waals surface area contributed by atoms with Crippen LogP contribution in [0.4, 0.5) is 0 Å². The van der Waals surface area contributed by atoms with Crippen LogP contribution >= 0.6 is 0 Å². The van der Waals surface area contributed by atoms with E-state index < -0.39 is 0 Å². The van der Waals surface area contributed by atoms with Gasteiger partial charge in [-0.2, -0.15) is 5.26 Å². The molecule has 2 aromatic heterocycles. The molecule has 5 nitrogen and oxygen atoms in total. The van der Waals surface area contributed by atoms with Gasteiger partial charge in [-0.25, -0.2) is 19.9 Å². The molecule has 0 atom stereocenters. The van der Waals surface area contributed by atoms with E-state index in [0.717, 1.165) is 85.6 Å². The number of fused-ring (bicyclic) bond motifs is 1. The monoisotopic (exact) mass is 615 g/mol. The van der Waals surface area contributed by atoms with Gasteiger partial charge in [0, 0.05) is 22.3 Å². The average molecular weight is 616 g/mol. The van der Waals surface area contributed by atoms with Gasteiger partial charge in [-0.1, -0.05) is 115 Å². The molecule has 7 aromatic rings. The second kappa shape index (κ2) is 12.7. The molecular weight excluding hydrogens is 587 g/mol. The molecule has 0 aliphatic heterocycles. The van der Waals surface area contributed by atoms with Gasteiger partial charge in [0.05, 0.1) is 45.4 Å². The SMILES string of the molecule is N#Cc1ccc(-c2nc3ccccc3nc2-c2cccc(-c3ccc(-c4nc(C5=CCCC=C5)cc(-c5ccccc5)n4)cc3)c2)cc1. The van der Waals surface area contributed by atoms with Crippen LogP contribution in [0.2, 0.25) is 0 Å². The molecule has 1 aliphatic carbocycles. The predicted molar refractivity (Wildman–Crippen MR) is 193 cm³/mol. The lowest BCUT2D eigenvalue weighted by Gasteiger charge is -2.13. The van der Waals surface area contributed by atoms with Crippen molar-refractivity contribution in [3.05, 3.63) is 163 Å². The summed E-state index contributed by atoms with van der Waals surface area (Å²) in [6, 6.07) is 46.8. The van der Waals surface area contributed by atoms with Crippen LogP contribution in [0.1, 0.15) is 24.1 Å². The topological polar surface area (TPSA) is 75.3 Å². The maximum atomic E-state index is 9.33. The molecule has 226 valence electrons. The molecule has 0 amide bonds. The van der Waals surface area contributed by atoms with Crippen molar-refractivity contribution in [1.82, 2.24) is 19.9 Å². The maximum Gasteiger partial charge on any atom is 0.160 e. The molecule has 48 heavy (non-hydrogen) atoms. The van der Waals surface area contributed by atoms with E-state index in [0.29, 0.717) is 11.4 Å². The number of hydrogen-bond donors (Lipinski definition) is 0. The summed E-state index contributed by atoms with van der Waals surface area (Å²) in [5, 5.41) is 9.33. The number of rotatable bonds is 6. The Bertz CT molecular complexity index is 2380. The second-order valence-electron chi connectivity index (χ2n) is 11.7. The Morgan fingerprint density at radius 2 is 1.10 bits per heavy atom. The molecular formula is C43H29N5. The molecule has 0 unspecified atom stereocenters. The number of benzene rings is 5. The first-order valence-electron chi connectivity index (χ1n) is 16.0. The Kier molecular flexibility index (Phi) is 7.66. The fraction of sp³-hybridized carbons (Fsp3) is 0.0465. The van der Waals surface area contributed by atoms with E-state index in [9.17, 15) is 5.26 Å². The molecule has 5 aromatic carbocycles. The zero-order valence-electron chi connectivity index (χ0n) is 26.1. The fourth-order valence-corrected chi connectivity index (χ4v) is 6.05. The minimum Gasteiger partial charge on any atom is -0.244 e. The third-order valence-corrected chi connectivity index (χ3v) is 8.56. The Hall–Kier alpha value is -6.51. The van der Waals surface area contributed by atoms with Gasteiger partial charge in [-0.05, 0) is 65.9 Å². The lowest BCUT2D eigenvalue weighted by atomic mass is 9.97. The third-order valence-electron chi connectivity index (χ3n) is 8.56. The molecule has 0 spiro atoms. The molecule has 5 heteroatoms. The molecule has 8 rings (SSSR count). The first-order chi connectivity index (χ1) is 23.7. The van der Waals surface area contributed by atoms with Gasteiger partial charge in [0.1, 0.15) is 0 Å². The second-order valence-corrected chi connectivity index (χ2v) is 11.7. The zero-order chi connectivity index (χ0) is 32.3. The lowest BCUT2D eigenvalue weighted by Crippen LogP contribution is -1.98. The number of para-hydroxylation sites is 2. The maximum absolute atomic E-state index is 9.33. The number of nitriles is 1. The van der Waals surface area contributed by atoms with Crippen LogP contribution in [-0.4, -0.2) is 19.9 Å². The van der Waals surface area contributed by atoms with Crippen molar-refractivity contribution in [3.8, 4) is 62.4 Å². The molecule has 0 N–H and O–H groups in total. The number of nitrogens with zero attached hydrogens (tertiary/aromatic N) is 5. The molecule has 1 aliphatic rings. The van der Waals surface area contributed by atoms with Crippen LogP contribution in [0.15, 0.2) is 152 Å². The van der Waals surface area contributed by atoms with Gasteiger partial charge in [-0.3, -0.25) is 0 Å². The quantitative estimate of drug-likeness (QED) is 0.186. The number of allylic oxidation sites excluding steroid dienone is 4. The highest BCUT2D eigenvalue weighted by molar-refractivity contribution is 5.87. The van der Waals surface area contributed by atoms with Gasteiger partial charge >= 0.3 is 0 Å². The molecule has 2 heterocycles. The van der Waals surface area contributed by atoms with E-state index in [1.165, 1.54) is 0 Å². The summed E-state index contributed by atoms with van der Waals surface area (Å²) >= 11 is 0. The van der Waals surface area contributed by atoms with Crippen LogP contribution in [0.5, 0.6) is 0 Å². The predicted octanol–water partition coefficient (Wildman–Crippen LogP) is 10.4. The van der Waals surface area contributed by atoms with Crippen LogP contribution in [0.25, 0.3) is 72.9 Å². The van der Waals surface area contributed by atoms with Gasteiger partial charge in [0.15, 0.2) is 5.82 Å². The Morgan fingerprint density at radius 3 is 1.81 bits per heavy atom. The van der Waals surface area contributed by atoms with Gasteiger partial charge in [0.25, 0.3) is 0 Å². The minimum atomic E-state index is 0.607. The lowest BCUT2D eigenvalue weighted by molar-refractivity contribution is 1.03. The van der Waals surface area contributed by atoms with Crippen LogP contribution in [0.3, 0.4) is 0 Å². The highest BCUT2D eigenvalue weighted by Gasteiger charge is 2.15. The normalized spacial score (nSPS) is 12.4. The molecule has 0 saturated carbocycles. The largest absolute Gasteiger partial charge is 0.244 e. The molecule has 0 fully saturated rings. The smallest absolute Gasteiger partial charge is 0.160 e. The van der Waals surface area contributed by atoms with Crippen molar-refractivity contribution >= 4 is 16.6 Å². The van der Waals surface area contributed by atoms with Crippen LogP contribution in [-0.2, 0) is 0 Å². The summed E-state index contributed by atoms with van der Waals surface area (Å²) in [4.78, 5) is 20.1. The molecule has 0 radical (unpaired) electrons. The zero-order valence-corrected chi connectivity index (χ0v) is 26.1. The van der Waals surface area contributed by atoms with Crippen molar-refractivity contribution in [1.29, 1.82) is 5.26 Å². The standard InChI is InChI=1S/C43H29N5/c44-28-29-18-20-33(21-19-29)41-42(46-38-17-8-7-16-37(38)45-41)36-15-9-14-35(26-36)30-22-24-34(25-23-30)43-47-39(31-10-3-1-4-11-31)27-40(48-43)32-12-5-2-6-13-32/h1,3-5,7-27H,2,6H2. The summed E-state index contributed by atoms with van der Waals surface area (Å²) in [7, 11) is 0. The summed E-state index contributed by atoms with van der Waals surface area (Å²) in [6.45, 7) is 0. The highest BCUT2D eigenvalue weighted by atomic mass is 14.9. The van der Waals surface area contributed by atoms with Gasteiger partial charge in [-0.15, -0.1) is 0 Å². The third kappa shape index (κ3) is 5.79. The Labute approximate surface area is 279 Å². The minimum absolute atomic E-state index is 0.607. The summed E-state index contributed by atoms with van der Waals surface area (Å²) < 4.78 is 0. The summed E-state index contributed by atoms with van der Waals surface area (Å²) in [6.07, 6.45) is 8.69. The first kappa shape index (κ1) is 28.9.